The van der Waals surface area contributed by atoms with Crippen molar-refractivity contribution in [1.82, 2.24) is 0 Å². The van der Waals surface area contributed by atoms with Crippen molar-refractivity contribution in [3.8, 4) is 0 Å². The Hall–Kier alpha value is -0.750. The van der Waals surface area contributed by atoms with Crippen LogP contribution in [0.1, 0.15) is 46.5 Å². The van der Waals surface area contributed by atoms with Gasteiger partial charge in [-0.1, -0.05) is 12.5 Å². The van der Waals surface area contributed by atoms with Gasteiger partial charge >= 0.3 is 0 Å². The molecule has 0 aromatic rings. The third kappa shape index (κ3) is 1.38. The molecule has 1 saturated heterocycles. The van der Waals surface area contributed by atoms with E-state index in [1.165, 1.54) is 5.57 Å². The zero-order valence-corrected chi connectivity index (χ0v) is 16.4. The van der Waals surface area contributed by atoms with E-state index < -0.39 is 22.5 Å². The molecule has 4 aliphatic carbocycles. The fraction of sp³-hybridized carbons (Fsp3) is 0.857. The van der Waals surface area contributed by atoms with E-state index in [1.54, 1.807) is 14.2 Å². The molecule has 8 atom stereocenters. The van der Waals surface area contributed by atoms with Gasteiger partial charge in [-0.15, -0.1) is 0 Å². The summed E-state index contributed by atoms with van der Waals surface area (Å²) in [5.74, 6) is 0.430. The van der Waals surface area contributed by atoms with Gasteiger partial charge in [0, 0.05) is 37.4 Å². The lowest BCUT2D eigenvalue weighted by Crippen LogP contribution is -2.88. The number of hydrogen-bond donors (Lipinski definition) is 1. The second-order valence-electron chi connectivity index (χ2n) is 9.62. The molecule has 0 amide bonds. The maximum atomic E-state index is 13.9. The van der Waals surface area contributed by atoms with Gasteiger partial charge < -0.3 is 19.3 Å². The standard InChI is InChI=1S/C21H30O5/c1-11-6-7-20(23)10-21-12-9-26-13(12)8-14(24-4)18(21,2)17(22)16(25-5)15(11)19(20,21)3/h12-14,16,23H,6-10H2,1-5H3/t12?,13?,14?,16?,18?,19-,20?,21?/m0/s1. The minimum Gasteiger partial charge on any atom is -0.389 e. The Morgan fingerprint density at radius 2 is 1.96 bits per heavy atom. The van der Waals surface area contributed by atoms with Crippen molar-refractivity contribution >= 4 is 5.78 Å². The minimum atomic E-state index is -0.768. The van der Waals surface area contributed by atoms with E-state index in [2.05, 4.69) is 20.8 Å². The first kappa shape index (κ1) is 17.4. The van der Waals surface area contributed by atoms with Gasteiger partial charge in [0.05, 0.1) is 29.8 Å². The van der Waals surface area contributed by atoms with Crippen LogP contribution in [-0.2, 0) is 19.0 Å². The molecule has 1 aliphatic heterocycles. The maximum absolute atomic E-state index is 13.9. The topological polar surface area (TPSA) is 65.0 Å². The highest BCUT2D eigenvalue weighted by atomic mass is 16.5. The average Bonchev–Trinajstić information content (AvgIpc) is 2.58. The molecule has 7 unspecified atom stereocenters. The normalized spacial score (nSPS) is 57.5. The summed E-state index contributed by atoms with van der Waals surface area (Å²) in [5.41, 5.74) is 0.0425. The molecule has 1 spiro atoms. The number of rotatable bonds is 2. The SMILES string of the molecule is COC1C(=O)C2(C)C(OC)CC3OCC3C23CC2(O)CCC(C)=C1[C@@]23C. The lowest BCUT2D eigenvalue weighted by atomic mass is 9.22. The first-order chi connectivity index (χ1) is 12.2. The van der Waals surface area contributed by atoms with Crippen LogP contribution in [0.15, 0.2) is 11.1 Å². The van der Waals surface area contributed by atoms with Gasteiger partial charge in [0.25, 0.3) is 0 Å². The van der Waals surface area contributed by atoms with Crippen molar-refractivity contribution in [1.29, 1.82) is 0 Å². The third-order valence-electron chi connectivity index (χ3n) is 9.43. The summed E-state index contributed by atoms with van der Waals surface area (Å²) in [7, 11) is 3.32. The van der Waals surface area contributed by atoms with E-state index in [1.807, 2.05) is 0 Å². The summed E-state index contributed by atoms with van der Waals surface area (Å²) >= 11 is 0. The molecule has 5 heteroatoms. The molecule has 1 heterocycles. The summed E-state index contributed by atoms with van der Waals surface area (Å²) in [6.07, 6.45) is 2.34. The van der Waals surface area contributed by atoms with Gasteiger partial charge in [0.15, 0.2) is 5.78 Å². The van der Waals surface area contributed by atoms with Crippen molar-refractivity contribution < 1.29 is 24.1 Å². The van der Waals surface area contributed by atoms with Crippen molar-refractivity contribution in [2.45, 2.75) is 70.4 Å². The predicted octanol–water partition coefficient (Wildman–Crippen LogP) is 2.26. The number of carbonyl (C=O) groups excluding carboxylic acids is 1. The van der Waals surface area contributed by atoms with E-state index in [0.717, 1.165) is 24.8 Å². The molecule has 0 aromatic heterocycles. The van der Waals surface area contributed by atoms with Crippen molar-refractivity contribution in [3.63, 3.8) is 0 Å². The first-order valence-electron chi connectivity index (χ1n) is 9.87. The Morgan fingerprint density at radius 3 is 2.54 bits per heavy atom. The monoisotopic (exact) mass is 362 g/mol. The van der Waals surface area contributed by atoms with Crippen LogP contribution >= 0.6 is 0 Å². The van der Waals surface area contributed by atoms with E-state index >= 15 is 0 Å². The number of ether oxygens (including phenoxy) is 3. The maximum Gasteiger partial charge on any atom is 0.174 e. The average molecular weight is 362 g/mol. The number of carbonyl (C=O) groups is 1. The van der Waals surface area contributed by atoms with E-state index in [0.29, 0.717) is 18.9 Å². The highest BCUT2D eigenvalue weighted by Gasteiger charge is 2.88. The molecular weight excluding hydrogens is 332 g/mol. The molecule has 0 bridgehead atoms. The molecule has 1 N–H and O–H groups in total. The molecule has 5 rings (SSSR count). The molecular formula is C21H30O5. The summed E-state index contributed by atoms with van der Waals surface area (Å²) in [4.78, 5) is 13.9. The highest BCUT2D eigenvalue weighted by molar-refractivity contribution is 5.96. The molecule has 4 fully saturated rings. The third-order valence-corrected chi connectivity index (χ3v) is 9.43. The molecule has 3 saturated carbocycles. The van der Waals surface area contributed by atoms with Crippen LogP contribution in [0.4, 0.5) is 0 Å². The number of methoxy groups -OCH3 is 2. The molecule has 144 valence electrons. The van der Waals surface area contributed by atoms with Crippen molar-refractivity contribution in [2.24, 2.45) is 22.2 Å². The largest absolute Gasteiger partial charge is 0.389 e. The fourth-order valence-corrected chi connectivity index (χ4v) is 8.08. The number of hydrogen-bond acceptors (Lipinski definition) is 5. The second kappa shape index (κ2) is 4.80. The Morgan fingerprint density at radius 1 is 1.23 bits per heavy atom. The van der Waals surface area contributed by atoms with Gasteiger partial charge in [-0.05, 0) is 38.7 Å². The highest BCUT2D eigenvalue weighted by Crippen LogP contribution is 2.84. The minimum absolute atomic E-state index is 0.129. The Kier molecular flexibility index (Phi) is 3.21. The number of aliphatic hydroxyl groups is 1. The summed E-state index contributed by atoms with van der Waals surface area (Å²) < 4.78 is 17.6. The van der Waals surface area contributed by atoms with Crippen LogP contribution < -0.4 is 0 Å². The van der Waals surface area contributed by atoms with E-state index in [9.17, 15) is 9.90 Å². The summed E-state index contributed by atoms with van der Waals surface area (Å²) in [5, 5.41) is 11.7. The van der Waals surface area contributed by atoms with E-state index in [-0.39, 0.29) is 23.4 Å². The fourth-order valence-electron chi connectivity index (χ4n) is 8.08. The lowest BCUT2D eigenvalue weighted by Gasteiger charge is -2.83. The number of Topliss-reactive ketones (excluding diaryl/α,β-unsaturated/α-hetero) is 1. The smallest absolute Gasteiger partial charge is 0.174 e. The zero-order chi connectivity index (χ0) is 18.7. The quantitative estimate of drug-likeness (QED) is 0.764. The van der Waals surface area contributed by atoms with Gasteiger partial charge in [-0.25, -0.2) is 0 Å². The lowest BCUT2D eigenvalue weighted by molar-refractivity contribution is -0.387. The Bertz CT molecular complexity index is 730. The molecule has 0 radical (unpaired) electrons. The van der Waals surface area contributed by atoms with Crippen LogP contribution in [0.2, 0.25) is 0 Å². The van der Waals surface area contributed by atoms with Crippen molar-refractivity contribution in [3.05, 3.63) is 11.1 Å². The van der Waals surface area contributed by atoms with Gasteiger partial charge in [-0.2, -0.15) is 0 Å². The zero-order valence-electron chi connectivity index (χ0n) is 16.4. The Labute approximate surface area is 155 Å². The van der Waals surface area contributed by atoms with Crippen LogP contribution in [0.25, 0.3) is 0 Å². The number of fused-ring (bicyclic) bond motifs is 1. The van der Waals surface area contributed by atoms with Crippen molar-refractivity contribution in [2.75, 3.05) is 20.8 Å². The van der Waals surface area contributed by atoms with Gasteiger partial charge in [-0.3, -0.25) is 4.79 Å². The Balaban J connectivity index is 1.82. The summed E-state index contributed by atoms with van der Waals surface area (Å²) in [6, 6.07) is 0. The van der Waals surface area contributed by atoms with Gasteiger partial charge in [0.2, 0.25) is 0 Å². The van der Waals surface area contributed by atoms with Crippen LogP contribution in [0.3, 0.4) is 0 Å². The molecule has 5 aliphatic rings. The predicted molar refractivity (Wildman–Crippen MR) is 94.6 cm³/mol. The first-order valence-corrected chi connectivity index (χ1v) is 9.87. The van der Waals surface area contributed by atoms with Gasteiger partial charge in [0.1, 0.15) is 6.10 Å². The van der Waals surface area contributed by atoms with Crippen LogP contribution in [0.5, 0.6) is 0 Å². The van der Waals surface area contributed by atoms with E-state index in [4.69, 9.17) is 14.2 Å². The number of allylic oxidation sites excluding steroid dienone is 1. The van der Waals surface area contributed by atoms with Crippen LogP contribution in [-0.4, -0.2) is 55.6 Å². The second-order valence-corrected chi connectivity index (χ2v) is 9.62. The summed E-state index contributed by atoms with van der Waals surface area (Å²) in [6.45, 7) is 7.06. The molecule has 5 nitrogen and oxygen atoms in total. The molecule has 26 heavy (non-hydrogen) atoms. The molecule has 0 aromatic carbocycles. The van der Waals surface area contributed by atoms with Crippen LogP contribution in [0, 0.1) is 22.2 Å². The number of ketones is 1.